The van der Waals surface area contributed by atoms with E-state index in [9.17, 15) is 0 Å². The molecule has 8 nitrogen and oxygen atoms in total. The summed E-state index contributed by atoms with van der Waals surface area (Å²) in [6.45, 7) is 0.860. The Bertz CT molecular complexity index is 1550. The molecule has 1 aliphatic rings. The molecular weight excluding hydrogens is 426 g/mol. The number of hydrogen-bond donors (Lipinski definition) is 0. The molecule has 0 amide bonds. The first-order valence-corrected chi connectivity index (χ1v) is 10.3. The van der Waals surface area contributed by atoms with E-state index >= 15 is 0 Å². The third-order valence-electron chi connectivity index (χ3n) is 5.46. The number of ether oxygens (including phenoxy) is 1. The highest BCUT2D eigenvalue weighted by atomic mass is 35.5. The van der Waals surface area contributed by atoms with Gasteiger partial charge in [-0.1, -0.05) is 17.5 Å². The zero-order valence-electron chi connectivity index (χ0n) is 17.0. The molecule has 0 saturated heterocycles. The maximum Gasteiger partial charge on any atom is 0.166 e. The Morgan fingerprint density at radius 3 is 2.94 bits per heavy atom. The highest BCUT2D eigenvalue weighted by Crippen LogP contribution is 2.34. The lowest BCUT2D eigenvalue weighted by Gasteiger charge is -2.08. The largest absolute Gasteiger partial charge is 0.377 e. The average Bonchev–Trinajstić information content (AvgIpc) is 3.50. The number of imidazole rings is 2. The van der Waals surface area contributed by atoms with E-state index in [0.717, 1.165) is 39.8 Å². The average molecular weight is 442 g/mol. The number of halogens is 1. The summed E-state index contributed by atoms with van der Waals surface area (Å²) in [5.41, 5.74) is 5.17. The Kier molecular flexibility index (Phi) is 4.31. The summed E-state index contributed by atoms with van der Waals surface area (Å²) in [6.07, 6.45) is 7.40. The third kappa shape index (κ3) is 2.99. The van der Waals surface area contributed by atoms with Gasteiger partial charge in [0.25, 0.3) is 0 Å². The molecule has 0 atom stereocenters. The van der Waals surface area contributed by atoms with Gasteiger partial charge in [0.1, 0.15) is 24.3 Å². The van der Waals surface area contributed by atoms with Crippen molar-refractivity contribution >= 4 is 17.2 Å². The number of methoxy groups -OCH3 is 1. The van der Waals surface area contributed by atoms with Crippen molar-refractivity contribution in [3.05, 3.63) is 83.0 Å². The van der Waals surface area contributed by atoms with Crippen molar-refractivity contribution < 1.29 is 4.74 Å². The van der Waals surface area contributed by atoms with Crippen molar-refractivity contribution in [1.82, 2.24) is 33.7 Å². The van der Waals surface area contributed by atoms with E-state index in [0.29, 0.717) is 23.9 Å². The van der Waals surface area contributed by atoms with Gasteiger partial charge < -0.3 is 13.7 Å². The zero-order chi connectivity index (χ0) is 21.7. The van der Waals surface area contributed by atoms with Crippen molar-refractivity contribution in [1.29, 1.82) is 0 Å². The normalized spacial score (nSPS) is 11.9. The van der Waals surface area contributed by atoms with E-state index in [1.54, 1.807) is 19.6 Å². The molecule has 0 bridgehead atoms. The predicted molar refractivity (Wildman–Crippen MR) is 119 cm³/mol. The van der Waals surface area contributed by atoms with E-state index in [4.69, 9.17) is 16.3 Å². The molecule has 5 heterocycles. The Hall–Kier alpha value is -3.93. The Labute approximate surface area is 188 Å². The molecule has 0 saturated carbocycles. The van der Waals surface area contributed by atoms with Gasteiger partial charge in [0.05, 0.1) is 17.9 Å². The zero-order valence-corrected chi connectivity index (χ0v) is 17.8. The van der Waals surface area contributed by atoms with Gasteiger partial charge in [0, 0.05) is 41.8 Å². The second kappa shape index (κ2) is 7.34. The summed E-state index contributed by atoms with van der Waals surface area (Å²) < 4.78 is 11.3. The van der Waals surface area contributed by atoms with Crippen LogP contribution in [0, 0.1) is 11.8 Å². The fraction of sp³-hybridized carbons (Fsp3) is 0.130. The molecule has 156 valence electrons. The van der Waals surface area contributed by atoms with Crippen LogP contribution in [0.3, 0.4) is 0 Å². The number of aromatic nitrogens is 7. The van der Waals surface area contributed by atoms with Crippen LogP contribution < -0.4 is 0 Å². The first kappa shape index (κ1) is 18.8. The fourth-order valence-electron chi connectivity index (χ4n) is 3.94. The van der Waals surface area contributed by atoms with Crippen LogP contribution in [-0.4, -0.2) is 40.8 Å². The third-order valence-corrected chi connectivity index (χ3v) is 5.69. The van der Waals surface area contributed by atoms with Gasteiger partial charge in [-0.15, -0.1) is 10.2 Å². The minimum atomic E-state index is 0.350. The first-order valence-electron chi connectivity index (χ1n) is 9.93. The van der Waals surface area contributed by atoms with Crippen LogP contribution in [0.2, 0.25) is 5.02 Å². The predicted octanol–water partition coefficient (Wildman–Crippen LogP) is 3.34. The van der Waals surface area contributed by atoms with E-state index < -0.39 is 0 Å². The minimum Gasteiger partial charge on any atom is -0.377 e. The van der Waals surface area contributed by atoms with Crippen LogP contribution in [0.25, 0.3) is 22.7 Å². The highest BCUT2D eigenvalue weighted by molar-refractivity contribution is 6.31. The van der Waals surface area contributed by atoms with Crippen LogP contribution in [0.4, 0.5) is 0 Å². The molecule has 0 fully saturated rings. The second-order valence-corrected chi connectivity index (χ2v) is 7.82. The molecule has 0 aliphatic carbocycles. The summed E-state index contributed by atoms with van der Waals surface area (Å²) in [5, 5.41) is 9.38. The summed E-state index contributed by atoms with van der Waals surface area (Å²) in [6, 6.07) is 9.63. The van der Waals surface area contributed by atoms with E-state index in [-0.39, 0.29) is 0 Å². The summed E-state index contributed by atoms with van der Waals surface area (Å²) in [7, 11) is 1.64. The van der Waals surface area contributed by atoms with Gasteiger partial charge >= 0.3 is 0 Å². The molecule has 0 spiro atoms. The lowest BCUT2D eigenvalue weighted by atomic mass is 10.1. The molecule has 6 rings (SSSR count). The summed E-state index contributed by atoms with van der Waals surface area (Å²) in [5.74, 6) is 7.93. The van der Waals surface area contributed by atoms with Crippen LogP contribution in [0.5, 0.6) is 0 Å². The van der Waals surface area contributed by atoms with E-state index in [1.165, 1.54) is 0 Å². The molecule has 0 radical (unpaired) electrons. The maximum atomic E-state index is 6.31. The number of nitrogens with zero attached hydrogens (tertiary/aromatic N) is 7. The van der Waals surface area contributed by atoms with Crippen molar-refractivity contribution in [2.24, 2.45) is 0 Å². The maximum absolute atomic E-state index is 6.31. The van der Waals surface area contributed by atoms with Gasteiger partial charge in [-0.3, -0.25) is 4.57 Å². The molecule has 0 unspecified atom stereocenters. The molecule has 5 aromatic rings. The van der Waals surface area contributed by atoms with Crippen molar-refractivity contribution in [3.63, 3.8) is 0 Å². The number of rotatable bonds is 2. The second-order valence-electron chi connectivity index (χ2n) is 7.39. The molecule has 0 N–H and O–H groups in total. The Morgan fingerprint density at radius 2 is 2.03 bits per heavy atom. The number of fused-ring (bicyclic) bond motifs is 6. The van der Waals surface area contributed by atoms with Gasteiger partial charge in [-0.25, -0.2) is 9.97 Å². The number of hydrogen-bond acceptors (Lipinski definition) is 5. The van der Waals surface area contributed by atoms with Crippen LogP contribution in [0.1, 0.15) is 22.8 Å². The molecule has 4 aromatic heterocycles. The smallest absolute Gasteiger partial charge is 0.166 e. The summed E-state index contributed by atoms with van der Waals surface area (Å²) >= 11 is 6.31. The highest BCUT2D eigenvalue weighted by Gasteiger charge is 2.25. The van der Waals surface area contributed by atoms with Crippen molar-refractivity contribution in [2.45, 2.75) is 13.2 Å². The number of pyridine rings is 1. The van der Waals surface area contributed by atoms with Crippen molar-refractivity contribution in [2.75, 3.05) is 7.11 Å². The minimum absolute atomic E-state index is 0.350. The van der Waals surface area contributed by atoms with E-state index in [2.05, 4.69) is 32.0 Å². The standard InChI is InChI=1S/C23H16ClN7O/c1-32-13-22-27-28-23-17-11-16(24)3-5-19(17)31-14-26-18(20(31)12-30(22)23)4-2-15-6-8-29-9-7-25-21(29)10-15/h3,5-11,14H,12-13H2,1H3. The SMILES string of the molecule is COCc1nnc2n1Cc1c(C#Cc3ccn4ccnc4c3)ncn1-c1ccc(Cl)cc1-2. The van der Waals surface area contributed by atoms with Gasteiger partial charge in [-0.2, -0.15) is 0 Å². The van der Waals surface area contributed by atoms with Crippen LogP contribution in [0.15, 0.2) is 55.2 Å². The van der Waals surface area contributed by atoms with Gasteiger partial charge in [-0.05, 0) is 36.3 Å². The first-order chi connectivity index (χ1) is 15.7. The molecule has 1 aliphatic heterocycles. The van der Waals surface area contributed by atoms with Crippen molar-refractivity contribution in [3.8, 4) is 28.9 Å². The number of benzene rings is 1. The molecule has 32 heavy (non-hydrogen) atoms. The van der Waals surface area contributed by atoms with E-state index in [1.807, 2.05) is 56.3 Å². The van der Waals surface area contributed by atoms with Gasteiger partial charge in [0.15, 0.2) is 11.6 Å². The molecule has 9 heteroatoms. The topological polar surface area (TPSA) is 75.1 Å². The molecular formula is C23H16ClN7O. The van der Waals surface area contributed by atoms with Crippen LogP contribution >= 0.6 is 11.6 Å². The van der Waals surface area contributed by atoms with Crippen LogP contribution in [-0.2, 0) is 17.9 Å². The lowest BCUT2D eigenvalue weighted by molar-refractivity contribution is 0.174. The monoisotopic (exact) mass is 441 g/mol. The Balaban J connectivity index is 1.50. The fourth-order valence-corrected chi connectivity index (χ4v) is 4.11. The lowest BCUT2D eigenvalue weighted by Crippen LogP contribution is -2.09. The molecule has 1 aromatic carbocycles. The van der Waals surface area contributed by atoms with Gasteiger partial charge in [0.2, 0.25) is 0 Å². The Morgan fingerprint density at radius 1 is 1.09 bits per heavy atom. The summed E-state index contributed by atoms with van der Waals surface area (Å²) in [4.78, 5) is 8.93. The quantitative estimate of drug-likeness (QED) is 0.385.